The Balaban J connectivity index is 1.71. The van der Waals surface area contributed by atoms with Crippen LogP contribution in [-0.4, -0.2) is 54.4 Å². The van der Waals surface area contributed by atoms with E-state index in [4.69, 9.17) is 14.7 Å². The van der Waals surface area contributed by atoms with Crippen LogP contribution >= 0.6 is 0 Å². The lowest BCUT2D eigenvalue weighted by Crippen LogP contribution is -2.44. The molecule has 1 aliphatic heterocycles. The van der Waals surface area contributed by atoms with Crippen molar-refractivity contribution >= 4 is 26.6 Å². The number of hydrogen-bond donors (Lipinski definition) is 1. The number of nitrogens with one attached hydrogen (secondary N) is 1. The highest BCUT2D eigenvalue weighted by atomic mass is 32.2. The molecule has 8 heteroatoms. The number of morpholine rings is 1. The minimum absolute atomic E-state index is 0.157. The van der Waals surface area contributed by atoms with Gasteiger partial charge in [-0.2, -0.15) is 0 Å². The van der Waals surface area contributed by atoms with Crippen LogP contribution in [0.5, 0.6) is 0 Å². The predicted octanol–water partition coefficient (Wildman–Crippen LogP) is 3.66. The van der Waals surface area contributed by atoms with E-state index >= 15 is 0 Å². The first kappa shape index (κ1) is 20.5. The SMILES string of the molecule is CC1COCCN1c1cc(C2(S(=O)(=O)C(C)C)CC2)nc(-c2cccc3[nH]ccc23)n1. The number of aromatic amines is 1. The molecule has 2 aliphatic rings. The highest BCUT2D eigenvalue weighted by Crippen LogP contribution is 2.54. The Morgan fingerprint density at radius 2 is 2.03 bits per heavy atom. The van der Waals surface area contributed by atoms with Crippen molar-refractivity contribution in [2.24, 2.45) is 0 Å². The third-order valence-electron chi connectivity index (χ3n) is 6.55. The topological polar surface area (TPSA) is 88.2 Å². The van der Waals surface area contributed by atoms with Crippen molar-refractivity contribution in [1.82, 2.24) is 15.0 Å². The van der Waals surface area contributed by atoms with E-state index in [1.165, 1.54) is 0 Å². The van der Waals surface area contributed by atoms with Crippen LogP contribution in [0.25, 0.3) is 22.3 Å². The summed E-state index contributed by atoms with van der Waals surface area (Å²) in [5, 5.41) is 0.574. The monoisotopic (exact) mass is 440 g/mol. The number of ether oxygens (including phenoxy) is 1. The molecule has 5 rings (SSSR count). The molecule has 0 amide bonds. The van der Waals surface area contributed by atoms with Crippen molar-refractivity contribution in [3.05, 3.63) is 42.2 Å². The zero-order valence-corrected chi connectivity index (χ0v) is 18.9. The van der Waals surface area contributed by atoms with Gasteiger partial charge in [0.05, 0.1) is 30.2 Å². The van der Waals surface area contributed by atoms with Crippen LogP contribution in [0.3, 0.4) is 0 Å². The Bertz CT molecular complexity index is 1230. The van der Waals surface area contributed by atoms with E-state index < -0.39 is 19.8 Å². The van der Waals surface area contributed by atoms with Gasteiger partial charge in [0.2, 0.25) is 0 Å². The minimum Gasteiger partial charge on any atom is -0.377 e. The summed E-state index contributed by atoms with van der Waals surface area (Å²) < 4.78 is 31.3. The largest absolute Gasteiger partial charge is 0.377 e. The summed E-state index contributed by atoms with van der Waals surface area (Å²) in [7, 11) is -3.35. The van der Waals surface area contributed by atoms with Crippen molar-refractivity contribution in [2.45, 2.75) is 49.7 Å². The first-order valence-electron chi connectivity index (χ1n) is 10.9. The smallest absolute Gasteiger partial charge is 0.164 e. The summed E-state index contributed by atoms with van der Waals surface area (Å²) in [4.78, 5) is 15.2. The van der Waals surface area contributed by atoms with Gasteiger partial charge < -0.3 is 14.6 Å². The summed E-state index contributed by atoms with van der Waals surface area (Å²) in [6.07, 6.45) is 3.11. The number of nitrogens with zero attached hydrogens (tertiary/aromatic N) is 3. The van der Waals surface area contributed by atoms with Gasteiger partial charge in [-0.25, -0.2) is 18.4 Å². The van der Waals surface area contributed by atoms with Crippen molar-refractivity contribution in [3.8, 4) is 11.4 Å². The van der Waals surface area contributed by atoms with Gasteiger partial charge in [-0.15, -0.1) is 0 Å². The van der Waals surface area contributed by atoms with Crippen LogP contribution < -0.4 is 4.90 Å². The molecule has 0 spiro atoms. The number of benzene rings is 1. The highest BCUT2D eigenvalue weighted by Gasteiger charge is 2.58. The lowest BCUT2D eigenvalue weighted by atomic mass is 10.1. The van der Waals surface area contributed by atoms with Gasteiger partial charge in [0.1, 0.15) is 10.6 Å². The molecule has 1 aliphatic carbocycles. The molecule has 31 heavy (non-hydrogen) atoms. The summed E-state index contributed by atoms with van der Waals surface area (Å²) in [6, 6.07) is 10.0. The van der Waals surface area contributed by atoms with Gasteiger partial charge in [-0.05, 0) is 45.7 Å². The molecule has 1 saturated heterocycles. The third-order valence-corrected chi connectivity index (χ3v) is 9.49. The average molecular weight is 441 g/mol. The van der Waals surface area contributed by atoms with Gasteiger partial charge >= 0.3 is 0 Å². The molecule has 7 nitrogen and oxygen atoms in total. The lowest BCUT2D eigenvalue weighted by molar-refractivity contribution is 0.0985. The van der Waals surface area contributed by atoms with Crippen LogP contribution in [-0.2, 0) is 19.3 Å². The minimum atomic E-state index is -3.35. The second-order valence-corrected chi connectivity index (χ2v) is 11.7. The van der Waals surface area contributed by atoms with Gasteiger partial charge in [-0.1, -0.05) is 12.1 Å². The van der Waals surface area contributed by atoms with Crippen molar-refractivity contribution in [2.75, 3.05) is 24.7 Å². The van der Waals surface area contributed by atoms with Crippen LogP contribution in [0.2, 0.25) is 0 Å². The van der Waals surface area contributed by atoms with E-state index in [2.05, 4.69) is 16.8 Å². The molecule has 2 aromatic heterocycles. The van der Waals surface area contributed by atoms with Crippen LogP contribution in [0.15, 0.2) is 36.5 Å². The molecule has 1 unspecified atom stereocenters. The van der Waals surface area contributed by atoms with Crippen LogP contribution in [0.1, 0.15) is 39.3 Å². The fourth-order valence-electron chi connectivity index (χ4n) is 4.53. The van der Waals surface area contributed by atoms with Gasteiger partial charge in [0.15, 0.2) is 15.7 Å². The Morgan fingerprint density at radius 3 is 2.74 bits per heavy atom. The lowest BCUT2D eigenvalue weighted by Gasteiger charge is -2.35. The molecule has 164 valence electrons. The maximum absolute atomic E-state index is 13.3. The van der Waals surface area contributed by atoms with Crippen molar-refractivity contribution in [1.29, 1.82) is 0 Å². The molecule has 0 radical (unpaired) electrons. The normalized spacial score (nSPS) is 21.0. The molecule has 3 aromatic rings. The van der Waals surface area contributed by atoms with E-state index in [1.54, 1.807) is 13.8 Å². The molecule has 0 bridgehead atoms. The van der Waals surface area contributed by atoms with E-state index in [-0.39, 0.29) is 6.04 Å². The Morgan fingerprint density at radius 1 is 1.23 bits per heavy atom. The van der Waals surface area contributed by atoms with Crippen LogP contribution in [0, 0.1) is 0 Å². The quantitative estimate of drug-likeness (QED) is 0.651. The zero-order valence-electron chi connectivity index (χ0n) is 18.1. The van der Waals surface area contributed by atoms with E-state index in [0.717, 1.165) is 28.8 Å². The Kier molecular flexibility index (Phi) is 4.82. The number of hydrogen-bond acceptors (Lipinski definition) is 6. The fourth-order valence-corrected chi connectivity index (χ4v) is 6.50. The van der Waals surface area contributed by atoms with E-state index in [1.807, 2.05) is 36.5 Å². The molecule has 1 N–H and O–H groups in total. The number of aromatic nitrogens is 3. The fraction of sp³-hybridized carbons (Fsp3) is 0.478. The third kappa shape index (κ3) is 3.24. The Hall–Kier alpha value is -2.45. The summed E-state index contributed by atoms with van der Waals surface area (Å²) in [6.45, 7) is 7.58. The number of sulfone groups is 1. The summed E-state index contributed by atoms with van der Waals surface area (Å²) in [5.74, 6) is 1.34. The molecule has 1 saturated carbocycles. The molecular formula is C23H28N4O3S. The summed E-state index contributed by atoms with van der Waals surface area (Å²) in [5.41, 5.74) is 2.52. The first-order chi connectivity index (χ1) is 14.8. The number of H-pyrrole nitrogens is 1. The maximum atomic E-state index is 13.3. The number of rotatable bonds is 5. The Labute approximate surface area is 182 Å². The first-order valence-corrected chi connectivity index (χ1v) is 12.4. The second kappa shape index (κ2) is 7.31. The van der Waals surface area contributed by atoms with Gasteiger partial charge in [-0.3, -0.25) is 0 Å². The molecule has 1 aromatic carbocycles. The molecule has 3 heterocycles. The van der Waals surface area contributed by atoms with Crippen molar-refractivity contribution in [3.63, 3.8) is 0 Å². The molecular weight excluding hydrogens is 412 g/mol. The van der Waals surface area contributed by atoms with Crippen LogP contribution in [0.4, 0.5) is 5.82 Å². The van der Waals surface area contributed by atoms with Crippen molar-refractivity contribution < 1.29 is 13.2 Å². The predicted molar refractivity (Wildman–Crippen MR) is 122 cm³/mol. The molecule has 1 atom stereocenters. The molecule has 2 fully saturated rings. The average Bonchev–Trinajstić information content (AvgIpc) is 3.45. The summed E-state index contributed by atoms with van der Waals surface area (Å²) >= 11 is 0. The van der Waals surface area contributed by atoms with E-state index in [0.29, 0.717) is 37.6 Å². The second-order valence-electron chi connectivity index (χ2n) is 8.88. The number of fused-ring (bicyclic) bond motifs is 1. The maximum Gasteiger partial charge on any atom is 0.164 e. The highest BCUT2D eigenvalue weighted by molar-refractivity contribution is 7.93. The standard InChI is InChI=1S/C23H28N4O3S/c1-15(2)31(28,29)23(8-9-23)20-13-21(27-11-12-30-14-16(27)3)26-22(25-20)18-5-4-6-19-17(18)7-10-24-19/h4-7,10,13,15-16,24H,8-9,11-12,14H2,1-3H3. The van der Waals surface area contributed by atoms with Gasteiger partial charge in [0.25, 0.3) is 0 Å². The van der Waals surface area contributed by atoms with Gasteiger partial charge in [0, 0.05) is 35.3 Å². The number of anilines is 1. The zero-order chi connectivity index (χ0) is 21.8. The van der Waals surface area contributed by atoms with E-state index in [9.17, 15) is 8.42 Å².